The van der Waals surface area contributed by atoms with Gasteiger partial charge in [-0.3, -0.25) is 0 Å². The van der Waals surface area contributed by atoms with Crippen LogP contribution >= 0.6 is 11.8 Å². The fraction of sp³-hybridized carbons (Fsp3) is 0.552. The Morgan fingerprint density at radius 1 is 1.06 bits per heavy atom. The largest absolute Gasteiger partial charge is 0.497 e. The van der Waals surface area contributed by atoms with Crippen LogP contribution in [0.15, 0.2) is 47.4 Å². The number of methoxy groups -OCH3 is 1. The highest BCUT2D eigenvalue weighted by molar-refractivity contribution is 7.99. The van der Waals surface area contributed by atoms with E-state index in [2.05, 4.69) is 58.0 Å². The lowest BCUT2D eigenvalue weighted by molar-refractivity contribution is -0.191. The molecule has 0 amide bonds. The van der Waals surface area contributed by atoms with Crippen molar-refractivity contribution in [3.63, 3.8) is 0 Å². The predicted molar refractivity (Wildman–Crippen MR) is 145 cm³/mol. The zero-order valence-corrected chi connectivity index (χ0v) is 23.1. The number of aryl methyl sites for hydroxylation is 1. The van der Waals surface area contributed by atoms with Gasteiger partial charge in [0.05, 0.1) is 13.2 Å². The number of ether oxygens (including phenoxy) is 1. The topological polar surface area (TPSA) is 66.8 Å². The zero-order valence-electron chi connectivity index (χ0n) is 22.3. The number of anilines is 1. The number of benzene rings is 2. The van der Waals surface area contributed by atoms with E-state index in [0.29, 0.717) is 0 Å². The molecule has 0 fully saturated rings. The van der Waals surface area contributed by atoms with Crippen molar-refractivity contribution in [2.75, 3.05) is 31.9 Å². The third kappa shape index (κ3) is 10.1. The molecule has 6 heteroatoms. The molecule has 35 heavy (non-hydrogen) atoms. The van der Waals surface area contributed by atoms with Crippen LogP contribution in [-0.2, 0) is 16.0 Å². The van der Waals surface area contributed by atoms with Gasteiger partial charge in [-0.1, -0.05) is 57.2 Å². The number of rotatable bonds is 8. The van der Waals surface area contributed by atoms with Crippen molar-refractivity contribution in [3.8, 4) is 5.75 Å². The van der Waals surface area contributed by atoms with Crippen LogP contribution in [-0.4, -0.2) is 44.3 Å². The molecule has 0 saturated carbocycles. The number of carbonyl (C=O) groups excluding carboxylic acids is 2. The Bertz CT molecular complexity index is 884. The number of aliphatic hydroxyl groups is 1. The molecule has 1 aliphatic heterocycles. The number of thioether (sulfide) groups is 1. The number of hydrogen-bond acceptors (Lipinski definition) is 6. The lowest BCUT2D eigenvalue weighted by atomic mass is 9.73. The van der Waals surface area contributed by atoms with Crippen molar-refractivity contribution in [1.29, 1.82) is 0 Å². The van der Waals surface area contributed by atoms with Crippen LogP contribution in [0.5, 0.6) is 5.75 Å². The van der Waals surface area contributed by atoms with Crippen molar-refractivity contribution in [2.45, 2.75) is 76.7 Å². The molecule has 0 aromatic heterocycles. The Balaban J connectivity index is 0.000000422. The van der Waals surface area contributed by atoms with Crippen LogP contribution < -0.4 is 9.64 Å². The first-order valence-corrected chi connectivity index (χ1v) is 13.5. The van der Waals surface area contributed by atoms with Crippen molar-refractivity contribution in [2.24, 2.45) is 5.41 Å². The standard InChI is InChI=1S/C20H33NOS.C8H10O.CO2/c1-5-7-11-20(12-8-6-2)15-23-18-10-9-17(21(3)4)13-16(18)14-19(20)22;1-7-3-5-8(9-2)6-4-7;2-1-3/h9-10,13,19,22H,5-8,11-12,14-15H2,1-4H3;3-6H,1-2H3;/t19-;;/m1../s1. The van der Waals surface area contributed by atoms with Gasteiger partial charge in [-0.05, 0) is 55.7 Å². The van der Waals surface area contributed by atoms with Gasteiger partial charge in [0.1, 0.15) is 5.75 Å². The second-order valence-corrected chi connectivity index (χ2v) is 10.4. The van der Waals surface area contributed by atoms with Crippen molar-refractivity contribution < 1.29 is 19.4 Å². The summed E-state index contributed by atoms with van der Waals surface area (Å²) in [5, 5.41) is 11.1. The molecule has 1 N–H and O–H groups in total. The minimum absolute atomic E-state index is 0.0913. The summed E-state index contributed by atoms with van der Waals surface area (Å²) < 4.78 is 4.97. The molecule has 2 aromatic rings. The van der Waals surface area contributed by atoms with Gasteiger partial charge in [-0.2, -0.15) is 9.59 Å². The van der Waals surface area contributed by atoms with Gasteiger partial charge >= 0.3 is 6.15 Å². The first kappa shape index (κ1) is 30.8. The number of aliphatic hydroxyl groups excluding tert-OH is 1. The molecular weight excluding hydrogens is 458 g/mol. The molecule has 0 aliphatic carbocycles. The van der Waals surface area contributed by atoms with Crippen molar-refractivity contribution >= 4 is 23.6 Å². The summed E-state index contributed by atoms with van der Waals surface area (Å²) >= 11 is 1.96. The lowest BCUT2D eigenvalue weighted by Gasteiger charge is -2.37. The maximum absolute atomic E-state index is 11.1. The Hall–Kier alpha value is -2.27. The van der Waals surface area contributed by atoms with E-state index in [1.807, 2.05) is 36.0 Å². The molecule has 1 aliphatic rings. The summed E-state index contributed by atoms with van der Waals surface area (Å²) in [6, 6.07) is 14.7. The van der Waals surface area contributed by atoms with Crippen LogP contribution in [0.3, 0.4) is 0 Å². The van der Waals surface area contributed by atoms with Crippen LogP contribution in [0.4, 0.5) is 5.69 Å². The van der Waals surface area contributed by atoms with Crippen LogP contribution in [0.2, 0.25) is 0 Å². The van der Waals surface area contributed by atoms with Crippen LogP contribution in [0.1, 0.15) is 63.5 Å². The summed E-state index contributed by atoms with van der Waals surface area (Å²) in [5.74, 6) is 1.98. The minimum Gasteiger partial charge on any atom is -0.497 e. The molecule has 0 radical (unpaired) electrons. The third-order valence-corrected chi connectivity index (χ3v) is 7.94. The van der Waals surface area contributed by atoms with Gasteiger partial charge in [-0.15, -0.1) is 11.8 Å². The molecule has 1 atom stereocenters. The van der Waals surface area contributed by atoms with E-state index < -0.39 is 0 Å². The average Bonchev–Trinajstić information content (AvgIpc) is 2.98. The van der Waals surface area contributed by atoms with E-state index in [1.54, 1.807) is 7.11 Å². The quantitative estimate of drug-likeness (QED) is 0.442. The third-order valence-electron chi connectivity index (χ3n) is 6.51. The first-order chi connectivity index (χ1) is 16.8. The van der Waals surface area contributed by atoms with Gasteiger partial charge in [0, 0.05) is 42.3 Å². The Labute approximate surface area is 216 Å². The second kappa shape index (κ2) is 16.4. The molecule has 3 rings (SSSR count). The maximum atomic E-state index is 11.1. The summed E-state index contributed by atoms with van der Waals surface area (Å²) in [5.41, 5.74) is 3.90. The van der Waals surface area contributed by atoms with Crippen molar-refractivity contribution in [1.82, 2.24) is 0 Å². The van der Waals surface area contributed by atoms with E-state index >= 15 is 0 Å². The van der Waals surface area contributed by atoms with E-state index in [0.717, 1.165) is 30.8 Å². The molecule has 0 spiro atoms. The summed E-state index contributed by atoms with van der Waals surface area (Å²) in [6.07, 6.45) is 8.02. The Morgan fingerprint density at radius 2 is 1.63 bits per heavy atom. The highest BCUT2D eigenvalue weighted by atomic mass is 32.2. The number of nitrogens with zero attached hydrogens (tertiary/aromatic N) is 1. The molecule has 2 aromatic carbocycles. The summed E-state index contributed by atoms with van der Waals surface area (Å²) in [4.78, 5) is 19.8. The van der Waals surface area contributed by atoms with Crippen LogP contribution in [0.25, 0.3) is 0 Å². The van der Waals surface area contributed by atoms with Gasteiger partial charge in [0.15, 0.2) is 0 Å². The predicted octanol–water partition coefficient (Wildman–Crippen LogP) is 6.55. The fourth-order valence-electron chi connectivity index (χ4n) is 4.22. The first-order valence-electron chi connectivity index (χ1n) is 12.5. The maximum Gasteiger partial charge on any atom is 0.373 e. The van der Waals surface area contributed by atoms with Crippen molar-refractivity contribution in [3.05, 3.63) is 53.6 Å². The van der Waals surface area contributed by atoms with E-state index in [-0.39, 0.29) is 17.7 Å². The highest BCUT2D eigenvalue weighted by Crippen LogP contribution is 2.45. The number of unbranched alkanes of at least 4 members (excludes halogenated alkanes) is 2. The SMILES string of the molecule is CCCCC1(CCCC)CSc2ccc(N(C)C)cc2C[C@H]1O.COc1ccc(C)cc1.O=C=O. The summed E-state index contributed by atoms with van der Waals surface area (Å²) in [6.45, 7) is 6.56. The van der Waals surface area contributed by atoms with E-state index in [4.69, 9.17) is 14.3 Å². The monoisotopic (exact) mass is 501 g/mol. The van der Waals surface area contributed by atoms with Gasteiger partial charge < -0.3 is 14.7 Å². The molecular formula is C29H43NO4S. The zero-order chi connectivity index (χ0) is 26.3. The normalized spacial score (nSPS) is 15.7. The molecule has 194 valence electrons. The minimum atomic E-state index is -0.216. The molecule has 1 heterocycles. The summed E-state index contributed by atoms with van der Waals surface area (Å²) in [7, 11) is 5.83. The average molecular weight is 502 g/mol. The Kier molecular flexibility index (Phi) is 14.4. The highest BCUT2D eigenvalue weighted by Gasteiger charge is 2.39. The van der Waals surface area contributed by atoms with E-state index in [1.165, 1.54) is 47.4 Å². The lowest BCUT2D eigenvalue weighted by Crippen LogP contribution is -2.38. The Morgan fingerprint density at radius 3 is 2.11 bits per heavy atom. The molecule has 5 nitrogen and oxygen atoms in total. The fourth-order valence-corrected chi connectivity index (χ4v) is 5.64. The van der Waals surface area contributed by atoms with Gasteiger partial charge in [0.2, 0.25) is 0 Å². The number of hydrogen-bond donors (Lipinski definition) is 1. The van der Waals surface area contributed by atoms with Crippen LogP contribution in [0, 0.1) is 12.3 Å². The van der Waals surface area contributed by atoms with Gasteiger partial charge in [0.25, 0.3) is 0 Å². The van der Waals surface area contributed by atoms with Gasteiger partial charge in [-0.25, -0.2) is 0 Å². The van der Waals surface area contributed by atoms with E-state index in [9.17, 15) is 5.11 Å². The smallest absolute Gasteiger partial charge is 0.373 e. The molecule has 0 saturated heterocycles. The molecule has 0 bridgehead atoms. The molecule has 0 unspecified atom stereocenters. The number of fused-ring (bicyclic) bond motifs is 1. The second-order valence-electron chi connectivity index (χ2n) is 9.37.